The molecule has 0 aliphatic carbocycles. The van der Waals surface area contributed by atoms with Gasteiger partial charge in [-0.15, -0.1) is 0 Å². The van der Waals surface area contributed by atoms with E-state index in [2.05, 4.69) is 11.9 Å². The number of halogens is 1. The predicted molar refractivity (Wildman–Crippen MR) is 74.5 cm³/mol. The summed E-state index contributed by atoms with van der Waals surface area (Å²) < 4.78 is 5.64. The van der Waals surface area contributed by atoms with Crippen LogP contribution in [0.15, 0.2) is 24.3 Å². The maximum absolute atomic E-state index is 12.1. The van der Waals surface area contributed by atoms with Crippen molar-refractivity contribution in [3.63, 3.8) is 0 Å². The third-order valence-corrected chi connectivity index (χ3v) is 4.66. The van der Waals surface area contributed by atoms with Crippen LogP contribution < -0.4 is 0 Å². The Morgan fingerprint density at radius 1 is 1.21 bits per heavy atom. The molecule has 19 heavy (non-hydrogen) atoms. The summed E-state index contributed by atoms with van der Waals surface area (Å²) in [4.78, 5) is 14.5. The minimum Gasteiger partial charge on any atom is -0.459 e. The zero-order chi connectivity index (χ0) is 13.4. The minimum absolute atomic E-state index is 0.0666. The molecule has 102 valence electrons. The van der Waals surface area contributed by atoms with Crippen LogP contribution in [-0.2, 0) is 4.74 Å². The Kier molecular flexibility index (Phi) is 3.50. The van der Waals surface area contributed by atoms with E-state index in [-0.39, 0.29) is 12.1 Å². The number of hydrogen-bond acceptors (Lipinski definition) is 3. The van der Waals surface area contributed by atoms with E-state index in [4.69, 9.17) is 16.3 Å². The summed E-state index contributed by atoms with van der Waals surface area (Å²) in [5.41, 5.74) is 0.579. The molecule has 0 saturated carbocycles. The monoisotopic (exact) mass is 279 g/mol. The second-order valence-electron chi connectivity index (χ2n) is 5.56. The van der Waals surface area contributed by atoms with Crippen molar-refractivity contribution in [2.75, 3.05) is 7.05 Å². The lowest BCUT2D eigenvalue weighted by atomic mass is 10.0. The maximum Gasteiger partial charge on any atom is 0.338 e. The van der Waals surface area contributed by atoms with E-state index in [1.165, 1.54) is 12.8 Å². The maximum atomic E-state index is 12.1. The van der Waals surface area contributed by atoms with E-state index in [0.29, 0.717) is 22.7 Å². The molecular formula is C15H18ClNO2. The van der Waals surface area contributed by atoms with Gasteiger partial charge in [0.05, 0.1) is 5.56 Å². The summed E-state index contributed by atoms with van der Waals surface area (Å²) in [5, 5.41) is 0.633. The van der Waals surface area contributed by atoms with Crippen LogP contribution in [0.25, 0.3) is 0 Å². The van der Waals surface area contributed by atoms with Crippen molar-refractivity contribution in [3.8, 4) is 0 Å². The molecule has 4 heteroatoms. The molecule has 1 unspecified atom stereocenters. The first-order chi connectivity index (χ1) is 9.13. The molecule has 3 nitrogen and oxygen atoms in total. The molecule has 3 rings (SSSR count). The predicted octanol–water partition coefficient (Wildman–Crippen LogP) is 3.12. The van der Waals surface area contributed by atoms with Crippen molar-refractivity contribution < 1.29 is 9.53 Å². The Hall–Kier alpha value is -1.06. The first-order valence-electron chi connectivity index (χ1n) is 6.82. The number of rotatable bonds is 2. The molecule has 0 N–H and O–H groups in total. The van der Waals surface area contributed by atoms with E-state index >= 15 is 0 Å². The van der Waals surface area contributed by atoms with Gasteiger partial charge in [-0.1, -0.05) is 11.6 Å². The molecule has 1 aromatic carbocycles. The fourth-order valence-electron chi connectivity index (χ4n) is 3.26. The van der Waals surface area contributed by atoms with E-state index in [1.54, 1.807) is 24.3 Å². The number of hydrogen-bond donors (Lipinski definition) is 0. The second-order valence-corrected chi connectivity index (χ2v) is 5.99. The van der Waals surface area contributed by atoms with Gasteiger partial charge in [0.25, 0.3) is 0 Å². The van der Waals surface area contributed by atoms with Gasteiger partial charge in [-0.2, -0.15) is 0 Å². The average Bonchev–Trinajstić information content (AvgIpc) is 2.63. The Balaban J connectivity index is 1.63. The van der Waals surface area contributed by atoms with Crippen LogP contribution in [-0.4, -0.2) is 36.1 Å². The van der Waals surface area contributed by atoms with Crippen molar-refractivity contribution >= 4 is 17.6 Å². The third kappa shape index (κ3) is 2.63. The number of esters is 1. The minimum atomic E-state index is -0.231. The fourth-order valence-corrected chi connectivity index (χ4v) is 3.39. The largest absolute Gasteiger partial charge is 0.459 e. The highest BCUT2D eigenvalue weighted by molar-refractivity contribution is 6.30. The summed E-state index contributed by atoms with van der Waals surface area (Å²) in [6.07, 6.45) is 4.46. The summed E-state index contributed by atoms with van der Waals surface area (Å²) in [6.45, 7) is 0. The number of benzene rings is 1. The highest BCUT2D eigenvalue weighted by Gasteiger charge is 2.39. The first kappa shape index (κ1) is 12.9. The molecule has 2 aliphatic heterocycles. The topological polar surface area (TPSA) is 29.5 Å². The zero-order valence-electron chi connectivity index (χ0n) is 11.0. The van der Waals surface area contributed by atoms with Crippen molar-refractivity contribution in [1.29, 1.82) is 0 Å². The van der Waals surface area contributed by atoms with E-state index in [1.807, 2.05) is 0 Å². The molecule has 3 atom stereocenters. The molecule has 0 aromatic heterocycles. The number of ether oxygens (including phenoxy) is 1. The molecule has 1 aromatic rings. The first-order valence-corrected chi connectivity index (χ1v) is 7.20. The van der Waals surface area contributed by atoms with E-state index < -0.39 is 0 Å². The molecule has 0 spiro atoms. The van der Waals surface area contributed by atoms with E-state index in [0.717, 1.165) is 12.8 Å². The van der Waals surface area contributed by atoms with Gasteiger partial charge in [0.15, 0.2) is 0 Å². The lowest BCUT2D eigenvalue weighted by molar-refractivity contribution is -0.000446. The fraction of sp³-hybridized carbons (Fsp3) is 0.533. The Morgan fingerprint density at radius 2 is 1.79 bits per heavy atom. The quantitative estimate of drug-likeness (QED) is 0.779. The van der Waals surface area contributed by atoms with Crippen LogP contribution in [0.3, 0.4) is 0 Å². The number of fused-ring (bicyclic) bond motifs is 2. The standard InChI is InChI=1S/C15H18ClNO2/c1-17-12-6-7-13(17)9-14(8-12)19-15(18)10-2-4-11(16)5-3-10/h2-5,12-14H,6-9H2,1H3/t12-,13+,14?. The number of carbonyl (C=O) groups excluding carboxylic acids is 1. The van der Waals surface area contributed by atoms with Crippen molar-refractivity contribution in [1.82, 2.24) is 4.90 Å². The lowest BCUT2D eigenvalue weighted by Gasteiger charge is -2.35. The zero-order valence-corrected chi connectivity index (χ0v) is 11.8. The van der Waals surface area contributed by atoms with E-state index in [9.17, 15) is 4.79 Å². The van der Waals surface area contributed by atoms with Crippen LogP contribution >= 0.6 is 11.6 Å². The highest BCUT2D eigenvalue weighted by Crippen LogP contribution is 2.35. The normalized spacial score (nSPS) is 30.3. The summed E-state index contributed by atoms with van der Waals surface area (Å²) in [5.74, 6) is -0.231. The van der Waals surface area contributed by atoms with Crippen LogP contribution in [0, 0.1) is 0 Å². The van der Waals surface area contributed by atoms with Crippen LogP contribution in [0.1, 0.15) is 36.0 Å². The van der Waals surface area contributed by atoms with Gasteiger partial charge in [0, 0.05) is 29.9 Å². The van der Waals surface area contributed by atoms with Crippen LogP contribution in [0.5, 0.6) is 0 Å². The SMILES string of the molecule is CN1[C@@H]2CC[C@H]1CC(OC(=O)c1ccc(Cl)cc1)C2. The van der Waals surface area contributed by atoms with Gasteiger partial charge < -0.3 is 9.64 Å². The number of carbonyl (C=O) groups is 1. The Bertz CT molecular complexity index is 460. The average molecular weight is 280 g/mol. The third-order valence-electron chi connectivity index (χ3n) is 4.41. The smallest absolute Gasteiger partial charge is 0.338 e. The van der Waals surface area contributed by atoms with Gasteiger partial charge >= 0.3 is 5.97 Å². The Morgan fingerprint density at radius 3 is 2.37 bits per heavy atom. The molecule has 2 bridgehead atoms. The van der Waals surface area contributed by atoms with Crippen molar-refractivity contribution in [3.05, 3.63) is 34.9 Å². The van der Waals surface area contributed by atoms with Gasteiger partial charge in [-0.05, 0) is 44.2 Å². The molecule has 2 heterocycles. The molecule has 2 fully saturated rings. The molecule has 0 amide bonds. The summed E-state index contributed by atoms with van der Waals surface area (Å²) in [6, 6.07) is 8.04. The van der Waals surface area contributed by atoms with Crippen molar-refractivity contribution in [2.45, 2.75) is 43.9 Å². The lowest BCUT2D eigenvalue weighted by Crippen LogP contribution is -2.43. The van der Waals surface area contributed by atoms with Gasteiger partial charge in [0.2, 0.25) is 0 Å². The number of piperidine rings is 1. The van der Waals surface area contributed by atoms with Crippen molar-refractivity contribution in [2.24, 2.45) is 0 Å². The van der Waals surface area contributed by atoms with Crippen LogP contribution in [0.4, 0.5) is 0 Å². The molecule has 2 aliphatic rings. The van der Waals surface area contributed by atoms with Crippen LogP contribution in [0.2, 0.25) is 5.02 Å². The van der Waals surface area contributed by atoms with Gasteiger partial charge in [0.1, 0.15) is 6.10 Å². The van der Waals surface area contributed by atoms with Gasteiger partial charge in [-0.3, -0.25) is 0 Å². The number of nitrogens with zero attached hydrogens (tertiary/aromatic N) is 1. The summed E-state index contributed by atoms with van der Waals surface area (Å²) in [7, 11) is 2.18. The van der Waals surface area contributed by atoms with Gasteiger partial charge in [-0.25, -0.2) is 4.79 Å². The molecule has 2 saturated heterocycles. The summed E-state index contributed by atoms with van der Waals surface area (Å²) >= 11 is 5.81. The highest BCUT2D eigenvalue weighted by atomic mass is 35.5. The second kappa shape index (κ2) is 5.14. The molecular weight excluding hydrogens is 262 g/mol. The Labute approximate surface area is 118 Å². The molecule has 0 radical (unpaired) electrons.